The van der Waals surface area contributed by atoms with E-state index < -0.39 is 47.7 Å². The van der Waals surface area contributed by atoms with Crippen LogP contribution in [0.5, 0.6) is 0 Å². The number of aliphatic hydroxyl groups excluding tert-OH is 4. The Bertz CT molecular complexity index is 478. The molecule has 0 radical (unpaired) electrons. The molecule has 0 saturated heterocycles. The first-order valence-corrected chi connectivity index (χ1v) is 5.77. The topological polar surface area (TPSA) is 135 Å². The maximum atomic E-state index is 11.9. The normalized spacial score (nSPS) is 38.9. The summed E-state index contributed by atoms with van der Waals surface area (Å²) in [5, 5.41) is 47.4. The lowest BCUT2D eigenvalue weighted by Crippen LogP contribution is -2.52. The summed E-state index contributed by atoms with van der Waals surface area (Å²) in [6, 6.07) is 0. The zero-order chi connectivity index (χ0) is 14.3. The number of aliphatic carboxylic acids is 1. The predicted molar refractivity (Wildman–Crippen MR) is 61.1 cm³/mol. The molecule has 5 atom stereocenters. The molecule has 7 heteroatoms. The van der Waals surface area contributed by atoms with E-state index in [1.807, 2.05) is 0 Å². The number of carboxylic acids is 1. The van der Waals surface area contributed by atoms with Gasteiger partial charge >= 0.3 is 5.97 Å². The third kappa shape index (κ3) is 2.27. The van der Waals surface area contributed by atoms with Crippen molar-refractivity contribution in [1.29, 1.82) is 0 Å². The molecule has 2 aliphatic carbocycles. The van der Waals surface area contributed by atoms with Gasteiger partial charge in [0.05, 0.1) is 23.7 Å². The van der Waals surface area contributed by atoms with Gasteiger partial charge < -0.3 is 25.5 Å². The van der Waals surface area contributed by atoms with Gasteiger partial charge in [0.25, 0.3) is 0 Å². The van der Waals surface area contributed by atoms with Crippen molar-refractivity contribution in [2.75, 3.05) is 0 Å². The lowest BCUT2D eigenvalue weighted by atomic mass is 9.72. The van der Waals surface area contributed by atoms with Gasteiger partial charge in [-0.1, -0.05) is 6.08 Å². The standard InChI is InChI=1S/C12H14O7/c13-6-3-5(12(18)19)1-4-2-7(14)10(16)11(17)8(4)9(6)15/h1,3-4,7-8,10-11,13-14,16-17H,2H2,(H,18,19). The number of carbonyl (C=O) groups is 2. The van der Waals surface area contributed by atoms with Crippen molar-refractivity contribution in [2.45, 2.75) is 24.7 Å². The molecular formula is C12H14O7. The van der Waals surface area contributed by atoms with Gasteiger partial charge in [-0.2, -0.15) is 0 Å². The maximum Gasteiger partial charge on any atom is 0.335 e. The summed E-state index contributed by atoms with van der Waals surface area (Å²) in [7, 11) is 0. The zero-order valence-corrected chi connectivity index (χ0v) is 9.80. The molecular weight excluding hydrogens is 256 g/mol. The third-order valence-corrected chi connectivity index (χ3v) is 3.58. The minimum absolute atomic E-state index is 0.0630. The van der Waals surface area contributed by atoms with E-state index in [0.29, 0.717) is 0 Å². The van der Waals surface area contributed by atoms with E-state index in [1.54, 1.807) is 0 Å². The van der Waals surface area contributed by atoms with E-state index >= 15 is 0 Å². The first-order valence-electron chi connectivity index (χ1n) is 5.77. The molecule has 0 heterocycles. The highest BCUT2D eigenvalue weighted by Crippen LogP contribution is 2.36. The molecule has 5 N–H and O–H groups in total. The van der Waals surface area contributed by atoms with Crippen molar-refractivity contribution in [3.8, 4) is 0 Å². The Morgan fingerprint density at radius 2 is 1.84 bits per heavy atom. The Hall–Kier alpha value is -1.70. The van der Waals surface area contributed by atoms with Gasteiger partial charge in [-0.25, -0.2) is 4.79 Å². The maximum absolute atomic E-state index is 11.9. The lowest BCUT2D eigenvalue weighted by Gasteiger charge is -2.38. The summed E-state index contributed by atoms with van der Waals surface area (Å²) in [6.45, 7) is 0. The molecule has 1 fully saturated rings. The molecule has 0 aliphatic heterocycles. The highest BCUT2D eigenvalue weighted by Gasteiger charge is 2.47. The Morgan fingerprint density at radius 1 is 1.21 bits per heavy atom. The minimum Gasteiger partial charge on any atom is -0.504 e. The summed E-state index contributed by atoms with van der Waals surface area (Å²) in [4.78, 5) is 22.9. The van der Waals surface area contributed by atoms with Crippen LogP contribution in [0, 0.1) is 11.8 Å². The molecule has 0 bridgehead atoms. The molecule has 7 nitrogen and oxygen atoms in total. The van der Waals surface area contributed by atoms with Crippen molar-refractivity contribution in [3.05, 3.63) is 23.5 Å². The van der Waals surface area contributed by atoms with Crippen LogP contribution in [0.15, 0.2) is 23.5 Å². The van der Waals surface area contributed by atoms with Gasteiger partial charge in [0.2, 0.25) is 5.78 Å². The van der Waals surface area contributed by atoms with Gasteiger partial charge in [-0.05, 0) is 18.4 Å². The smallest absolute Gasteiger partial charge is 0.335 e. The Labute approximate surface area is 108 Å². The lowest BCUT2D eigenvalue weighted by molar-refractivity contribution is -0.148. The molecule has 5 unspecified atom stereocenters. The summed E-state index contributed by atoms with van der Waals surface area (Å²) in [5.74, 6) is -4.85. The molecule has 1 saturated carbocycles. The average Bonchev–Trinajstić information content (AvgIpc) is 2.45. The fourth-order valence-electron chi connectivity index (χ4n) is 2.58. The number of rotatable bonds is 1. The second-order valence-electron chi connectivity index (χ2n) is 4.79. The summed E-state index contributed by atoms with van der Waals surface area (Å²) >= 11 is 0. The number of carboxylic acid groups (broad SMARTS) is 1. The van der Waals surface area contributed by atoms with E-state index in [-0.39, 0.29) is 12.0 Å². The summed E-state index contributed by atoms with van der Waals surface area (Å²) in [5.41, 5.74) is -0.283. The van der Waals surface area contributed by atoms with E-state index in [4.69, 9.17) is 5.11 Å². The molecule has 2 aliphatic rings. The van der Waals surface area contributed by atoms with Gasteiger partial charge in [-0.15, -0.1) is 0 Å². The first-order chi connectivity index (χ1) is 8.82. The fraction of sp³-hybridized carbons (Fsp3) is 0.500. The number of hydrogen-bond acceptors (Lipinski definition) is 6. The molecule has 104 valence electrons. The zero-order valence-electron chi connectivity index (χ0n) is 9.80. The number of carbonyl (C=O) groups excluding carboxylic acids is 1. The molecule has 0 aromatic carbocycles. The summed E-state index contributed by atoms with van der Waals surface area (Å²) < 4.78 is 0. The van der Waals surface area contributed by atoms with E-state index in [1.165, 1.54) is 6.08 Å². The fourth-order valence-corrected chi connectivity index (χ4v) is 2.58. The van der Waals surface area contributed by atoms with Crippen LogP contribution in [0.3, 0.4) is 0 Å². The van der Waals surface area contributed by atoms with Crippen LogP contribution in [0.1, 0.15) is 6.42 Å². The SMILES string of the molecule is O=C(O)C1=CC2CC(O)C(O)C(O)C2C(=O)C(O)=C1. The number of aliphatic hydroxyl groups is 4. The first kappa shape index (κ1) is 13.7. The van der Waals surface area contributed by atoms with Gasteiger partial charge in [0.1, 0.15) is 6.10 Å². The highest BCUT2D eigenvalue weighted by molar-refractivity contribution is 6.00. The van der Waals surface area contributed by atoms with Crippen molar-refractivity contribution >= 4 is 11.8 Å². The molecule has 2 rings (SSSR count). The van der Waals surface area contributed by atoms with Crippen molar-refractivity contribution < 1.29 is 35.1 Å². The van der Waals surface area contributed by atoms with Gasteiger partial charge in [0.15, 0.2) is 5.76 Å². The molecule has 19 heavy (non-hydrogen) atoms. The Morgan fingerprint density at radius 3 is 2.42 bits per heavy atom. The van der Waals surface area contributed by atoms with Crippen LogP contribution in [-0.2, 0) is 9.59 Å². The summed E-state index contributed by atoms with van der Waals surface area (Å²) in [6.07, 6.45) is -2.34. The molecule has 0 amide bonds. The second-order valence-corrected chi connectivity index (χ2v) is 4.79. The quantitative estimate of drug-likeness (QED) is 0.401. The van der Waals surface area contributed by atoms with Crippen LogP contribution in [-0.4, -0.2) is 55.6 Å². The van der Waals surface area contributed by atoms with Crippen molar-refractivity contribution in [3.63, 3.8) is 0 Å². The van der Waals surface area contributed by atoms with Crippen LogP contribution >= 0.6 is 0 Å². The Kier molecular flexibility index (Phi) is 3.44. The Balaban J connectivity index is 2.45. The average molecular weight is 270 g/mol. The number of fused-ring (bicyclic) bond motifs is 1. The van der Waals surface area contributed by atoms with Gasteiger partial charge in [0, 0.05) is 0 Å². The van der Waals surface area contributed by atoms with Gasteiger partial charge in [-0.3, -0.25) is 4.79 Å². The molecule has 0 spiro atoms. The molecule has 0 aromatic heterocycles. The van der Waals surface area contributed by atoms with Crippen molar-refractivity contribution in [1.82, 2.24) is 0 Å². The van der Waals surface area contributed by atoms with Crippen LogP contribution < -0.4 is 0 Å². The third-order valence-electron chi connectivity index (χ3n) is 3.58. The number of allylic oxidation sites excluding steroid dienone is 2. The van der Waals surface area contributed by atoms with Crippen LogP contribution in [0.25, 0.3) is 0 Å². The second kappa shape index (κ2) is 4.76. The highest BCUT2D eigenvalue weighted by atomic mass is 16.4. The monoisotopic (exact) mass is 270 g/mol. The number of ketones is 1. The molecule has 0 aromatic rings. The largest absolute Gasteiger partial charge is 0.504 e. The number of hydrogen-bond donors (Lipinski definition) is 5. The van der Waals surface area contributed by atoms with Crippen LogP contribution in [0.4, 0.5) is 0 Å². The van der Waals surface area contributed by atoms with E-state index in [2.05, 4.69) is 0 Å². The van der Waals surface area contributed by atoms with E-state index in [9.17, 15) is 30.0 Å². The minimum atomic E-state index is -1.55. The number of Topliss-reactive ketones (excluding diaryl/α,β-unsaturated/α-hetero) is 1. The predicted octanol–water partition coefficient (Wildman–Crippen LogP) is -1.26. The van der Waals surface area contributed by atoms with Crippen molar-refractivity contribution in [2.24, 2.45) is 11.8 Å². The van der Waals surface area contributed by atoms with E-state index in [0.717, 1.165) is 6.08 Å². The van der Waals surface area contributed by atoms with Crippen LogP contribution in [0.2, 0.25) is 0 Å².